The predicted octanol–water partition coefficient (Wildman–Crippen LogP) is 2.00. The number of amides is 1. The number of nitrogens with two attached hydrogens (primary N) is 1. The average molecular weight is 286 g/mol. The van der Waals surface area contributed by atoms with Crippen LogP contribution in [0.3, 0.4) is 0 Å². The van der Waals surface area contributed by atoms with Gasteiger partial charge in [0.25, 0.3) is 0 Å². The zero-order chi connectivity index (χ0) is 15.7. The molecule has 0 bridgehead atoms. The smallest absolute Gasteiger partial charge is 0.326 e. The van der Waals surface area contributed by atoms with E-state index in [2.05, 4.69) is 19.2 Å². The van der Waals surface area contributed by atoms with Crippen LogP contribution in [-0.2, 0) is 9.59 Å². The van der Waals surface area contributed by atoms with E-state index in [9.17, 15) is 9.59 Å². The second-order valence-electron chi connectivity index (χ2n) is 5.89. The van der Waals surface area contributed by atoms with E-state index in [0.717, 1.165) is 19.3 Å². The van der Waals surface area contributed by atoms with Crippen LogP contribution in [0.2, 0.25) is 0 Å². The Morgan fingerprint density at radius 2 is 1.80 bits per heavy atom. The zero-order valence-corrected chi connectivity index (χ0v) is 13.2. The van der Waals surface area contributed by atoms with Gasteiger partial charge in [-0.1, -0.05) is 34.1 Å². The van der Waals surface area contributed by atoms with Crippen LogP contribution in [0.15, 0.2) is 0 Å². The molecule has 0 aromatic heterocycles. The SMILES string of the molecule is CCC(C)[C@H](NC(=O)CCC(CCN)C(C)C)C(=O)O. The maximum Gasteiger partial charge on any atom is 0.326 e. The minimum atomic E-state index is -0.963. The van der Waals surface area contributed by atoms with E-state index in [1.165, 1.54) is 0 Å². The van der Waals surface area contributed by atoms with Crippen molar-refractivity contribution in [1.82, 2.24) is 5.32 Å². The number of carboxylic acids is 1. The topological polar surface area (TPSA) is 92.4 Å². The molecule has 2 unspecified atom stereocenters. The molecule has 3 atom stereocenters. The molecule has 5 heteroatoms. The summed E-state index contributed by atoms with van der Waals surface area (Å²) in [6, 6.07) is -0.792. The van der Waals surface area contributed by atoms with Crippen LogP contribution in [0, 0.1) is 17.8 Å². The van der Waals surface area contributed by atoms with E-state index < -0.39 is 12.0 Å². The Morgan fingerprint density at radius 1 is 1.20 bits per heavy atom. The van der Waals surface area contributed by atoms with Crippen LogP contribution >= 0.6 is 0 Å². The van der Waals surface area contributed by atoms with Crippen LogP contribution in [0.5, 0.6) is 0 Å². The summed E-state index contributed by atoms with van der Waals surface area (Å²) < 4.78 is 0. The summed E-state index contributed by atoms with van der Waals surface area (Å²) in [7, 11) is 0. The molecule has 1 amide bonds. The number of rotatable bonds is 10. The molecule has 0 aromatic carbocycles. The highest BCUT2D eigenvalue weighted by Crippen LogP contribution is 2.20. The highest BCUT2D eigenvalue weighted by Gasteiger charge is 2.25. The molecule has 4 N–H and O–H groups in total. The van der Waals surface area contributed by atoms with Gasteiger partial charge in [0.15, 0.2) is 0 Å². The van der Waals surface area contributed by atoms with Gasteiger partial charge in [0.05, 0.1) is 0 Å². The Labute approximate surface area is 122 Å². The predicted molar refractivity (Wildman–Crippen MR) is 80.3 cm³/mol. The van der Waals surface area contributed by atoms with Crippen molar-refractivity contribution in [3.63, 3.8) is 0 Å². The van der Waals surface area contributed by atoms with Crippen molar-refractivity contribution in [2.24, 2.45) is 23.5 Å². The number of nitrogens with one attached hydrogen (secondary N) is 1. The number of carbonyl (C=O) groups excluding carboxylic acids is 1. The Hall–Kier alpha value is -1.10. The van der Waals surface area contributed by atoms with Crippen LogP contribution in [-0.4, -0.2) is 29.6 Å². The van der Waals surface area contributed by atoms with E-state index in [4.69, 9.17) is 10.8 Å². The molecule has 0 aliphatic heterocycles. The maximum atomic E-state index is 11.9. The van der Waals surface area contributed by atoms with Gasteiger partial charge in [-0.15, -0.1) is 0 Å². The van der Waals surface area contributed by atoms with Crippen molar-refractivity contribution in [3.05, 3.63) is 0 Å². The van der Waals surface area contributed by atoms with Gasteiger partial charge < -0.3 is 16.2 Å². The molecular formula is C15H30N2O3. The van der Waals surface area contributed by atoms with Crippen molar-refractivity contribution in [3.8, 4) is 0 Å². The van der Waals surface area contributed by atoms with Crippen LogP contribution < -0.4 is 11.1 Å². The van der Waals surface area contributed by atoms with Gasteiger partial charge in [-0.05, 0) is 37.1 Å². The third kappa shape index (κ3) is 6.89. The largest absolute Gasteiger partial charge is 0.480 e. The van der Waals surface area contributed by atoms with E-state index in [-0.39, 0.29) is 11.8 Å². The third-order valence-corrected chi connectivity index (χ3v) is 4.02. The Balaban J connectivity index is 4.35. The standard InChI is InChI=1S/C15H30N2O3/c1-5-11(4)14(15(19)20)17-13(18)7-6-12(8-9-16)10(2)3/h10-12,14H,5-9,16H2,1-4H3,(H,17,18)(H,19,20)/t11?,12?,14-/m0/s1. The first-order valence-electron chi connectivity index (χ1n) is 7.55. The van der Waals surface area contributed by atoms with Gasteiger partial charge >= 0.3 is 5.97 Å². The summed E-state index contributed by atoms with van der Waals surface area (Å²) in [5.41, 5.74) is 5.57. The van der Waals surface area contributed by atoms with Crippen molar-refractivity contribution < 1.29 is 14.7 Å². The zero-order valence-electron chi connectivity index (χ0n) is 13.2. The summed E-state index contributed by atoms with van der Waals surface area (Å²) in [6.45, 7) is 8.62. The molecule has 0 aliphatic rings. The van der Waals surface area contributed by atoms with Crippen LogP contribution in [0.25, 0.3) is 0 Å². The Kier molecular flexibility index (Phi) is 9.21. The number of carboxylic acid groups (broad SMARTS) is 1. The van der Waals surface area contributed by atoms with Crippen molar-refractivity contribution in [1.29, 1.82) is 0 Å². The number of aliphatic carboxylic acids is 1. The summed E-state index contributed by atoms with van der Waals surface area (Å²) in [5.74, 6) is -0.314. The van der Waals surface area contributed by atoms with E-state index in [1.54, 1.807) is 0 Å². The number of hydrogen-bond donors (Lipinski definition) is 3. The first-order valence-corrected chi connectivity index (χ1v) is 7.55. The van der Waals surface area contributed by atoms with Crippen LogP contribution in [0.1, 0.15) is 53.4 Å². The van der Waals surface area contributed by atoms with Crippen molar-refractivity contribution in [2.45, 2.75) is 59.4 Å². The lowest BCUT2D eigenvalue weighted by atomic mass is 9.88. The van der Waals surface area contributed by atoms with Crippen LogP contribution in [0.4, 0.5) is 0 Å². The molecule has 0 aliphatic carbocycles. The summed E-state index contributed by atoms with van der Waals surface area (Å²) in [5, 5.41) is 11.8. The monoisotopic (exact) mass is 286 g/mol. The van der Waals surface area contributed by atoms with E-state index in [1.807, 2.05) is 13.8 Å². The lowest BCUT2D eigenvalue weighted by Crippen LogP contribution is -2.45. The molecule has 20 heavy (non-hydrogen) atoms. The molecule has 0 saturated carbocycles. The molecule has 118 valence electrons. The molecule has 0 fully saturated rings. The first kappa shape index (κ1) is 18.9. The lowest BCUT2D eigenvalue weighted by molar-refractivity contribution is -0.143. The summed E-state index contributed by atoms with van der Waals surface area (Å²) >= 11 is 0. The lowest BCUT2D eigenvalue weighted by Gasteiger charge is -2.22. The van der Waals surface area contributed by atoms with Gasteiger partial charge in [0.2, 0.25) is 5.91 Å². The molecular weight excluding hydrogens is 256 g/mol. The fourth-order valence-electron chi connectivity index (χ4n) is 2.27. The van der Waals surface area contributed by atoms with Crippen molar-refractivity contribution >= 4 is 11.9 Å². The molecule has 0 heterocycles. The maximum absolute atomic E-state index is 11.9. The molecule has 0 rings (SSSR count). The van der Waals surface area contributed by atoms with Gasteiger partial charge in [0.1, 0.15) is 6.04 Å². The highest BCUT2D eigenvalue weighted by atomic mass is 16.4. The van der Waals surface area contributed by atoms with Gasteiger partial charge in [-0.3, -0.25) is 4.79 Å². The second-order valence-corrected chi connectivity index (χ2v) is 5.89. The fourth-order valence-corrected chi connectivity index (χ4v) is 2.27. The van der Waals surface area contributed by atoms with E-state index in [0.29, 0.717) is 24.8 Å². The number of hydrogen-bond acceptors (Lipinski definition) is 3. The first-order chi connectivity index (χ1) is 9.33. The summed E-state index contributed by atoms with van der Waals surface area (Å²) in [6.07, 6.45) is 2.74. The minimum Gasteiger partial charge on any atom is -0.480 e. The summed E-state index contributed by atoms with van der Waals surface area (Å²) in [4.78, 5) is 23.1. The molecule has 0 aromatic rings. The Bertz CT molecular complexity index is 305. The van der Waals surface area contributed by atoms with Gasteiger partial charge in [-0.2, -0.15) is 0 Å². The Morgan fingerprint density at radius 3 is 2.20 bits per heavy atom. The highest BCUT2D eigenvalue weighted by molar-refractivity contribution is 5.83. The fraction of sp³-hybridized carbons (Fsp3) is 0.867. The quantitative estimate of drug-likeness (QED) is 0.572. The molecule has 5 nitrogen and oxygen atoms in total. The van der Waals surface area contributed by atoms with Gasteiger partial charge in [-0.25, -0.2) is 4.79 Å². The molecule has 0 saturated heterocycles. The number of carbonyl (C=O) groups is 2. The van der Waals surface area contributed by atoms with Crippen molar-refractivity contribution in [2.75, 3.05) is 6.54 Å². The van der Waals surface area contributed by atoms with E-state index >= 15 is 0 Å². The normalized spacial score (nSPS) is 15.7. The van der Waals surface area contributed by atoms with Gasteiger partial charge in [0, 0.05) is 6.42 Å². The minimum absolute atomic E-state index is 0.0682. The third-order valence-electron chi connectivity index (χ3n) is 4.02. The second kappa shape index (κ2) is 9.75. The molecule has 0 spiro atoms. The average Bonchev–Trinajstić information content (AvgIpc) is 2.39. The molecule has 0 radical (unpaired) electrons.